The van der Waals surface area contributed by atoms with E-state index in [1.165, 1.54) is 38.5 Å². The Morgan fingerprint density at radius 3 is 2.70 bits per heavy atom. The second-order valence-corrected chi connectivity index (χ2v) is 8.01. The van der Waals surface area contributed by atoms with Crippen molar-refractivity contribution < 1.29 is 9.90 Å². The van der Waals surface area contributed by atoms with Crippen molar-refractivity contribution in [1.29, 1.82) is 0 Å². The summed E-state index contributed by atoms with van der Waals surface area (Å²) in [7, 11) is 0. The van der Waals surface area contributed by atoms with E-state index in [2.05, 4.69) is 6.92 Å². The summed E-state index contributed by atoms with van der Waals surface area (Å²) in [5.74, 6) is 4.07. The summed E-state index contributed by atoms with van der Waals surface area (Å²) in [6, 6.07) is 0. The first kappa shape index (κ1) is 14.6. The number of hydrogen-bond acceptors (Lipinski definition) is 2. The van der Waals surface area contributed by atoms with Crippen molar-refractivity contribution in [2.75, 3.05) is 6.61 Å². The molecule has 0 saturated heterocycles. The Hall–Kier alpha value is -0.370. The minimum Gasteiger partial charge on any atom is -0.396 e. The van der Waals surface area contributed by atoms with E-state index in [0.717, 1.165) is 36.5 Å². The minimum atomic E-state index is 0.302. The zero-order valence-electron chi connectivity index (χ0n) is 13.1. The van der Waals surface area contributed by atoms with E-state index < -0.39 is 0 Å². The zero-order valence-corrected chi connectivity index (χ0v) is 13.1. The van der Waals surface area contributed by atoms with Crippen LogP contribution in [0.3, 0.4) is 0 Å². The first-order valence-corrected chi connectivity index (χ1v) is 8.67. The molecule has 3 aliphatic rings. The fraction of sp³-hybridized carbons (Fsp3) is 0.944. The molecular weight excluding hydrogens is 248 g/mol. The molecule has 2 nitrogen and oxygen atoms in total. The maximum absolute atomic E-state index is 12.0. The van der Waals surface area contributed by atoms with Gasteiger partial charge >= 0.3 is 0 Å². The van der Waals surface area contributed by atoms with Gasteiger partial charge in [0.2, 0.25) is 0 Å². The van der Waals surface area contributed by atoms with Gasteiger partial charge in [-0.2, -0.15) is 0 Å². The molecule has 0 amide bonds. The zero-order chi connectivity index (χ0) is 14.3. The highest BCUT2D eigenvalue weighted by Gasteiger charge is 2.55. The first-order valence-electron chi connectivity index (χ1n) is 8.67. The normalized spacial score (nSPS) is 47.6. The summed E-state index contributed by atoms with van der Waals surface area (Å²) in [5, 5.41) is 9.16. The van der Waals surface area contributed by atoms with Crippen LogP contribution in [0.5, 0.6) is 0 Å². The number of carbonyl (C=O) groups excluding carboxylic acids is 1. The van der Waals surface area contributed by atoms with E-state index in [-0.39, 0.29) is 0 Å². The van der Waals surface area contributed by atoms with Crippen molar-refractivity contribution in [3.63, 3.8) is 0 Å². The average molecular weight is 278 g/mol. The van der Waals surface area contributed by atoms with Gasteiger partial charge in [0, 0.05) is 12.5 Å². The molecule has 3 saturated carbocycles. The third kappa shape index (κ3) is 2.24. The molecule has 3 fully saturated rings. The number of rotatable bonds is 3. The predicted octanol–water partition coefficient (Wildman–Crippen LogP) is 3.82. The Morgan fingerprint density at radius 1 is 1.20 bits per heavy atom. The molecule has 0 aromatic rings. The van der Waals surface area contributed by atoms with E-state index in [9.17, 15) is 4.79 Å². The van der Waals surface area contributed by atoms with E-state index in [1.54, 1.807) is 0 Å². The summed E-state index contributed by atoms with van der Waals surface area (Å²) in [5.41, 5.74) is 0.302. The Morgan fingerprint density at radius 2 is 2.00 bits per heavy atom. The van der Waals surface area contributed by atoms with Crippen LogP contribution in [0.15, 0.2) is 0 Å². The van der Waals surface area contributed by atoms with Crippen molar-refractivity contribution in [1.82, 2.24) is 0 Å². The molecule has 2 heteroatoms. The van der Waals surface area contributed by atoms with Gasteiger partial charge in [-0.05, 0) is 81.0 Å². The van der Waals surface area contributed by atoms with Gasteiger partial charge in [0.15, 0.2) is 0 Å². The van der Waals surface area contributed by atoms with Gasteiger partial charge in [-0.15, -0.1) is 0 Å². The molecule has 114 valence electrons. The average Bonchev–Trinajstić information content (AvgIpc) is 2.77. The third-order valence-electron chi connectivity index (χ3n) is 7.16. The van der Waals surface area contributed by atoms with Crippen LogP contribution in [0, 0.1) is 35.0 Å². The number of ketones is 1. The Balaban J connectivity index is 1.73. The van der Waals surface area contributed by atoms with Crippen LogP contribution in [0.2, 0.25) is 0 Å². The van der Waals surface area contributed by atoms with Crippen LogP contribution in [0.4, 0.5) is 0 Å². The molecule has 0 heterocycles. The molecule has 0 bridgehead atoms. The molecule has 0 aromatic carbocycles. The lowest BCUT2D eigenvalue weighted by molar-refractivity contribution is -0.126. The van der Waals surface area contributed by atoms with Gasteiger partial charge in [0.05, 0.1) is 0 Å². The van der Waals surface area contributed by atoms with E-state index in [1.807, 2.05) is 6.92 Å². The van der Waals surface area contributed by atoms with Gasteiger partial charge in [0.1, 0.15) is 5.78 Å². The second kappa shape index (κ2) is 5.44. The summed E-state index contributed by atoms with van der Waals surface area (Å²) < 4.78 is 0. The molecule has 20 heavy (non-hydrogen) atoms. The molecular formula is C18H30O2. The molecule has 0 unspecified atom stereocenters. The Bertz CT molecular complexity index is 378. The molecule has 0 spiro atoms. The Labute approximate surface area is 123 Å². The highest BCUT2D eigenvalue weighted by atomic mass is 16.3. The van der Waals surface area contributed by atoms with Crippen molar-refractivity contribution in [2.24, 2.45) is 35.0 Å². The van der Waals surface area contributed by atoms with Crippen LogP contribution in [0.1, 0.15) is 65.2 Å². The molecule has 3 aliphatic carbocycles. The molecule has 0 radical (unpaired) electrons. The first-order chi connectivity index (χ1) is 9.56. The SMILES string of the molecule is CC(=O)[C@H]1CC[C@H]2[C@@H]3CC[C@@H](CCO)C[C@H]3CC[C@]12C. The Kier molecular flexibility index (Phi) is 3.96. The summed E-state index contributed by atoms with van der Waals surface area (Å²) in [6.45, 7) is 4.57. The number of fused-ring (bicyclic) bond motifs is 3. The van der Waals surface area contributed by atoms with Crippen LogP contribution in [-0.4, -0.2) is 17.5 Å². The number of aliphatic hydroxyl groups excluding tert-OH is 1. The monoisotopic (exact) mass is 278 g/mol. The second-order valence-electron chi connectivity index (χ2n) is 8.01. The minimum absolute atomic E-state index is 0.302. The number of Topliss-reactive ketones (excluding diaryl/α,β-unsaturated/α-hetero) is 1. The summed E-state index contributed by atoms with van der Waals surface area (Å²) >= 11 is 0. The van der Waals surface area contributed by atoms with Gasteiger partial charge in [-0.25, -0.2) is 0 Å². The molecule has 0 aliphatic heterocycles. The predicted molar refractivity (Wildman–Crippen MR) is 80.3 cm³/mol. The third-order valence-corrected chi connectivity index (χ3v) is 7.16. The summed E-state index contributed by atoms with van der Waals surface area (Å²) in [4.78, 5) is 12.0. The lowest BCUT2D eigenvalue weighted by Gasteiger charge is -2.51. The maximum atomic E-state index is 12.0. The fourth-order valence-electron chi connectivity index (χ4n) is 6.18. The standard InChI is InChI=1S/C18H30O2/c1-12(20)16-5-6-17-15-4-3-13(8-10-19)11-14(15)7-9-18(16,17)2/h13-17,19H,3-11H2,1-2H3/t13-,14+,15+,16+,17-,18+/m0/s1. The van der Waals surface area contributed by atoms with Gasteiger partial charge in [-0.1, -0.05) is 13.3 Å². The van der Waals surface area contributed by atoms with Crippen LogP contribution in [-0.2, 0) is 4.79 Å². The topological polar surface area (TPSA) is 37.3 Å². The molecule has 1 N–H and O–H groups in total. The van der Waals surface area contributed by atoms with Crippen LogP contribution < -0.4 is 0 Å². The van der Waals surface area contributed by atoms with Crippen molar-refractivity contribution >= 4 is 5.78 Å². The van der Waals surface area contributed by atoms with Crippen molar-refractivity contribution in [2.45, 2.75) is 65.2 Å². The fourth-order valence-corrected chi connectivity index (χ4v) is 6.18. The van der Waals surface area contributed by atoms with E-state index >= 15 is 0 Å². The van der Waals surface area contributed by atoms with Crippen molar-refractivity contribution in [3.05, 3.63) is 0 Å². The van der Waals surface area contributed by atoms with Gasteiger partial charge in [-0.3, -0.25) is 4.79 Å². The highest BCUT2D eigenvalue weighted by Crippen LogP contribution is 2.62. The van der Waals surface area contributed by atoms with Crippen molar-refractivity contribution in [3.8, 4) is 0 Å². The van der Waals surface area contributed by atoms with Gasteiger partial charge in [0.25, 0.3) is 0 Å². The molecule has 3 rings (SSSR count). The smallest absolute Gasteiger partial charge is 0.133 e. The van der Waals surface area contributed by atoms with E-state index in [0.29, 0.717) is 23.7 Å². The number of aliphatic hydroxyl groups is 1. The summed E-state index contributed by atoms with van der Waals surface area (Å²) in [6.07, 6.45) is 9.99. The van der Waals surface area contributed by atoms with E-state index in [4.69, 9.17) is 5.11 Å². The lowest BCUT2D eigenvalue weighted by atomic mass is 9.53. The van der Waals surface area contributed by atoms with Crippen LogP contribution in [0.25, 0.3) is 0 Å². The lowest BCUT2D eigenvalue weighted by Crippen LogP contribution is -2.45. The molecule has 6 atom stereocenters. The van der Waals surface area contributed by atoms with Crippen LogP contribution >= 0.6 is 0 Å². The maximum Gasteiger partial charge on any atom is 0.133 e. The largest absolute Gasteiger partial charge is 0.396 e. The van der Waals surface area contributed by atoms with Gasteiger partial charge < -0.3 is 5.11 Å². The molecule has 0 aromatic heterocycles. The quantitative estimate of drug-likeness (QED) is 0.852. The number of hydrogen-bond donors (Lipinski definition) is 1. The number of carbonyl (C=O) groups is 1. The highest BCUT2D eigenvalue weighted by molar-refractivity contribution is 5.79.